The molecule has 162 valence electrons. The van der Waals surface area contributed by atoms with Crippen molar-refractivity contribution in [2.24, 2.45) is 7.05 Å². The number of imidazole rings is 1. The van der Waals surface area contributed by atoms with Gasteiger partial charge in [-0.1, -0.05) is 0 Å². The topological polar surface area (TPSA) is 101 Å². The number of alkyl halides is 3. The van der Waals surface area contributed by atoms with Gasteiger partial charge in [0.15, 0.2) is 0 Å². The second-order valence-electron chi connectivity index (χ2n) is 6.98. The lowest BCUT2D eigenvalue weighted by atomic mass is 10.2. The van der Waals surface area contributed by atoms with Crippen LogP contribution in [0, 0.1) is 0 Å². The Balaban J connectivity index is 1.62. The Hall–Kier alpha value is -3.83. The molecule has 9 nitrogen and oxygen atoms in total. The van der Waals surface area contributed by atoms with Gasteiger partial charge in [-0.3, -0.25) is 4.79 Å². The van der Waals surface area contributed by atoms with Crippen molar-refractivity contribution in [1.82, 2.24) is 24.8 Å². The minimum Gasteiger partial charge on any atom is -0.439 e. The van der Waals surface area contributed by atoms with Gasteiger partial charge in [-0.15, -0.1) is 0 Å². The van der Waals surface area contributed by atoms with E-state index < -0.39 is 23.7 Å². The standard InChI is InChI=1S/C19H17F3N6O3/c1-27-9-25-16-12(26-17(29)14-8-24-18(30)28(14)2)5-11(6-13(16)27)31-15-4-3-10(7-23-15)19(20,21)22/h3-7,9,14H,8H2,1-2H3,(H,24,30)(H,26,29). The number of pyridine rings is 1. The number of carbonyl (C=O) groups is 2. The average molecular weight is 434 g/mol. The van der Waals surface area contributed by atoms with Gasteiger partial charge in [0.25, 0.3) is 0 Å². The normalized spacial score (nSPS) is 16.5. The summed E-state index contributed by atoms with van der Waals surface area (Å²) in [7, 11) is 3.26. The third-order valence-electron chi connectivity index (χ3n) is 4.88. The fraction of sp³-hybridized carbons (Fsp3) is 0.263. The fourth-order valence-electron chi connectivity index (χ4n) is 3.16. The average Bonchev–Trinajstić information content (AvgIpc) is 3.24. The van der Waals surface area contributed by atoms with Crippen LogP contribution in [0.1, 0.15) is 5.56 Å². The SMILES string of the molecule is CN1C(=O)NCC1C(=O)Nc1cc(Oc2ccc(C(F)(F)F)cn2)cc2c1ncn2C. The first kappa shape index (κ1) is 20.4. The second kappa shape index (κ2) is 7.45. The van der Waals surface area contributed by atoms with Crippen LogP contribution in [0.3, 0.4) is 0 Å². The van der Waals surface area contributed by atoms with Gasteiger partial charge in [0.05, 0.1) is 23.1 Å². The molecule has 31 heavy (non-hydrogen) atoms. The lowest BCUT2D eigenvalue weighted by Crippen LogP contribution is -2.40. The van der Waals surface area contributed by atoms with E-state index in [1.165, 1.54) is 18.0 Å². The maximum absolute atomic E-state index is 12.7. The summed E-state index contributed by atoms with van der Waals surface area (Å²) in [4.78, 5) is 33.6. The fourth-order valence-corrected chi connectivity index (χ4v) is 3.16. The summed E-state index contributed by atoms with van der Waals surface area (Å²) in [6, 6.07) is 4.05. The number of ether oxygens (including phenoxy) is 1. The Labute approximate surface area is 173 Å². The summed E-state index contributed by atoms with van der Waals surface area (Å²) in [6.45, 7) is 0.165. The van der Waals surface area contributed by atoms with Crippen LogP contribution < -0.4 is 15.4 Å². The van der Waals surface area contributed by atoms with E-state index in [-0.39, 0.29) is 24.2 Å². The van der Waals surface area contributed by atoms with E-state index in [0.717, 1.165) is 12.1 Å². The molecule has 12 heteroatoms. The summed E-state index contributed by atoms with van der Waals surface area (Å²) in [6.07, 6.45) is -2.27. The molecule has 0 spiro atoms. The van der Waals surface area contributed by atoms with E-state index >= 15 is 0 Å². The van der Waals surface area contributed by atoms with Crippen molar-refractivity contribution in [3.8, 4) is 11.6 Å². The molecule has 0 saturated carbocycles. The molecule has 1 aliphatic rings. The summed E-state index contributed by atoms with van der Waals surface area (Å²) >= 11 is 0. The van der Waals surface area contributed by atoms with Gasteiger partial charge in [-0.25, -0.2) is 14.8 Å². The lowest BCUT2D eigenvalue weighted by molar-refractivity contribution is -0.137. The Bertz CT molecular complexity index is 1160. The number of urea groups is 1. The van der Waals surface area contributed by atoms with Crippen molar-refractivity contribution < 1.29 is 27.5 Å². The molecule has 1 fully saturated rings. The van der Waals surface area contributed by atoms with Gasteiger partial charge >= 0.3 is 12.2 Å². The Morgan fingerprint density at radius 3 is 2.65 bits per heavy atom. The number of nitrogens with zero attached hydrogens (tertiary/aromatic N) is 4. The van der Waals surface area contributed by atoms with Crippen molar-refractivity contribution in [2.75, 3.05) is 18.9 Å². The monoisotopic (exact) mass is 434 g/mol. The highest BCUT2D eigenvalue weighted by Crippen LogP contribution is 2.33. The number of carbonyl (C=O) groups excluding carboxylic acids is 2. The highest BCUT2D eigenvalue weighted by Gasteiger charge is 2.33. The van der Waals surface area contributed by atoms with Gasteiger partial charge < -0.3 is 24.8 Å². The molecule has 0 radical (unpaired) electrons. The lowest BCUT2D eigenvalue weighted by Gasteiger charge is -2.18. The minimum atomic E-state index is -4.50. The molecule has 4 rings (SSSR count). The highest BCUT2D eigenvalue weighted by molar-refractivity contribution is 6.04. The number of fused-ring (bicyclic) bond motifs is 1. The molecular formula is C19H17F3N6O3. The molecule has 0 aliphatic carbocycles. The molecule has 2 aromatic heterocycles. The first-order valence-electron chi connectivity index (χ1n) is 9.11. The number of halogens is 3. The number of hydrogen-bond acceptors (Lipinski definition) is 5. The Morgan fingerprint density at radius 2 is 2.03 bits per heavy atom. The van der Waals surface area contributed by atoms with E-state index in [1.54, 1.807) is 24.0 Å². The number of amides is 3. The molecule has 2 N–H and O–H groups in total. The van der Waals surface area contributed by atoms with Crippen LogP contribution in [0.2, 0.25) is 0 Å². The number of aromatic nitrogens is 3. The molecule has 0 bridgehead atoms. The minimum absolute atomic E-state index is 0.0443. The molecule has 1 aliphatic heterocycles. The van der Waals surface area contributed by atoms with Gasteiger partial charge in [-0.2, -0.15) is 13.2 Å². The van der Waals surface area contributed by atoms with E-state index in [4.69, 9.17) is 4.74 Å². The second-order valence-corrected chi connectivity index (χ2v) is 6.98. The number of likely N-dealkylation sites (N-methyl/N-ethyl adjacent to an activating group) is 1. The number of benzene rings is 1. The van der Waals surface area contributed by atoms with Crippen molar-refractivity contribution in [1.29, 1.82) is 0 Å². The maximum Gasteiger partial charge on any atom is 0.417 e. The van der Waals surface area contributed by atoms with Gasteiger partial charge in [0, 0.05) is 45.0 Å². The van der Waals surface area contributed by atoms with E-state index in [0.29, 0.717) is 22.9 Å². The first-order chi connectivity index (χ1) is 14.6. The van der Waals surface area contributed by atoms with Gasteiger partial charge in [0.2, 0.25) is 11.8 Å². The number of anilines is 1. The number of nitrogens with one attached hydrogen (secondary N) is 2. The van der Waals surface area contributed by atoms with Crippen LogP contribution in [0.25, 0.3) is 11.0 Å². The summed E-state index contributed by atoms with van der Waals surface area (Å²) in [5, 5.41) is 5.33. The highest BCUT2D eigenvalue weighted by atomic mass is 19.4. The smallest absolute Gasteiger partial charge is 0.417 e. The largest absolute Gasteiger partial charge is 0.439 e. The molecular weight excluding hydrogens is 417 g/mol. The molecule has 3 amide bonds. The number of aryl methyl sites for hydroxylation is 1. The maximum atomic E-state index is 12.7. The molecule has 1 aromatic carbocycles. The van der Waals surface area contributed by atoms with Gasteiger partial charge in [0.1, 0.15) is 17.3 Å². The van der Waals surface area contributed by atoms with Crippen molar-refractivity contribution >= 4 is 28.7 Å². The van der Waals surface area contributed by atoms with E-state index in [1.807, 2.05) is 0 Å². The Kier molecular flexibility index (Phi) is 4.91. The molecule has 3 heterocycles. The first-order valence-corrected chi connectivity index (χ1v) is 9.11. The zero-order valence-electron chi connectivity index (χ0n) is 16.4. The number of rotatable bonds is 4. The summed E-state index contributed by atoms with van der Waals surface area (Å²) in [5.41, 5.74) is 0.550. The van der Waals surface area contributed by atoms with E-state index in [2.05, 4.69) is 20.6 Å². The van der Waals surface area contributed by atoms with Crippen LogP contribution in [0.15, 0.2) is 36.8 Å². The van der Waals surface area contributed by atoms with Crippen molar-refractivity contribution in [3.63, 3.8) is 0 Å². The van der Waals surface area contributed by atoms with Crippen LogP contribution in [0.5, 0.6) is 11.6 Å². The predicted octanol–water partition coefficient (Wildman–Crippen LogP) is 2.74. The molecule has 1 unspecified atom stereocenters. The molecule has 3 aromatic rings. The van der Waals surface area contributed by atoms with Crippen LogP contribution in [0.4, 0.5) is 23.7 Å². The van der Waals surface area contributed by atoms with E-state index in [9.17, 15) is 22.8 Å². The Morgan fingerprint density at radius 1 is 1.26 bits per heavy atom. The summed E-state index contributed by atoms with van der Waals surface area (Å²) in [5.74, 6) is -0.220. The zero-order valence-corrected chi connectivity index (χ0v) is 16.4. The third kappa shape index (κ3) is 3.96. The quantitative estimate of drug-likeness (QED) is 0.658. The number of hydrogen-bond donors (Lipinski definition) is 2. The molecule has 1 atom stereocenters. The summed E-state index contributed by atoms with van der Waals surface area (Å²) < 4.78 is 45.5. The van der Waals surface area contributed by atoms with Crippen LogP contribution in [-0.4, -0.2) is 51.0 Å². The molecule has 1 saturated heterocycles. The van der Waals surface area contributed by atoms with Crippen molar-refractivity contribution in [2.45, 2.75) is 12.2 Å². The zero-order chi connectivity index (χ0) is 22.3. The van der Waals surface area contributed by atoms with Crippen LogP contribution in [-0.2, 0) is 18.0 Å². The predicted molar refractivity (Wildman–Crippen MR) is 104 cm³/mol. The van der Waals surface area contributed by atoms with Crippen molar-refractivity contribution in [3.05, 3.63) is 42.4 Å². The van der Waals surface area contributed by atoms with Crippen LogP contribution >= 0.6 is 0 Å². The van der Waals surface area contributed by atoms with Gasteiger partial charge in [-0.05, 0) is 6.07 Å². The third-order valence-corrected chi connectivity index (χ3v) is 4.88.